The molecule has 1 saturated heterocycles. The van der Waals surface area contributed by atoms with E-state index in [2.05, 4.69) is 35.8 Å². The summed E-state index contributed by atoms with van der Waals surface area (Å²) in [4.78, 5) is 21.9. The van der Waals surface area contributed by atoms with Gasteiger partial charge in [-0.3, -0.25) is 14.6 Å². The molecule has 0 atom stereocenters. The second-order valence-electron chi connectivity index (χ2n) is 5.72. The summed E-state index contributed by atoms with van der Waals surface area (Å²) in [6, 6.07) is 7.10. The van der Waals surface area contributed by atoms with Crippen molar-refractivity contribution in [1.82, 2.24) is 25.6 Å². The van der Waals surface area contributed by atoms with Gasteiger partial charge in [0, 0.05) is 12.5 Å². The topological polar surface area (TPSA) is 132 Å². The summed E-state index contributed by atoms with van der Waals surface area (Å²) in [6.07, 6.45) is 3.10. The fraction of sp³-hybridized carbons (Fsp3) is 0.389. The SMILES string of the molecule is CCOC(C)=O.O=C(Nc1cnnnn1)c1ccc(C=NN2CCOCC2)cc1. The molecule has 154 valence electrons. The molecule has 1 fully saturated rings. The molecule has 0 aliphatic carbocycles. The molecule has 0 spiro atoms. The zero-order valence-corrected chi connectivity index (χ0v) is 16.3. The molecule has 1 aromatic carbocycles. The van der Waals surface area contributed by atoms with Crippen LogP contribution in [-0.4, -0.2) is 76.6 Å². The molecule has 29 heavy (non-hydrogen) atoms. The summed E-state index contributed by atoms with van der Waals surface area (Å²) < 4.78 is 9.67. The van der Waals surface area contributed by atoms with E-state index < -0.39 is 0 Å². The summed E-state index contributed by atoms with van der Waals surface area (Å²) in [5.41, 5.74) is 1.42. The van der Waals surface area contributed by atoms with Crippen LogP contribution >= 0.6 is 0 Å². The largest absolute Gasteiger partial charge is 0.466 e. The van der Waals surface area contributed by atoms with Crippen LogP contribution < -0.4 is 5.32 Å². The van der Waals surface area contributed by atoms with Gasteiger partial charge < -0.3 is 14.8 Å². The number of amides is 1. The average molecular weight is 401 g/mol. The Hall–Kier alpha value is -3.47. The smallest absolute Gasteiger partial charge is 0.302 e. The molecule has 2 heterocycles. The van der Waals surface area contributed by atoms with Crippen LogP contribution in [0.25, 0.3) is 0 Å². The van der Waals surface area contributed by atoms with Gasteiger partial charge in [0.25, 0.3) is 5.91 Å². The van der Waals surface area contributed by atoms with Crippen molar-refractivity contribution >= 4 is 23.9 Å². The molecule has 0 radical (unpaired) electrons. The van der Waals surface area contributed by atoms with Gasteiger partial charge in [0.1, 0.15) is 0 Å². The number of hydrogen-bond donors (Lipinski definition) is 1. The minimum Gasteiger partial charge on any atom is -0.466 e. The lowest BCUT2D eigenvalue weighted by Crippen LogP contribution is -2.32. The van der Waals surface area contributed by atoms with E-state index in [1.165, 1.54) is 13.1 Å². The molecule has 1 aliphatic heterocycles. The Morgan fingerprint density at radius 2 is 1.97 bits per heavy atom. The molecule has 2 aromatic rings. The van der Waals surface area contributed by atoms with Gasteiger partial charge in [0.2, 0.25) is 0 Å². The monoisotopic (exact) mass is 401 g/mol. The van der Waals surface area contributed by atoms with E-state index in [-0.39, 0.29) is 17.7 Å². The fourth-order valence-corrected chi connectivity index (χ4v) is 2.18. The number of esters is 1. The average Bonchev–Trinajstić information content (AvgIpc) is 2.74. The maximum Gasteiger partial charge on any atom is 0.302 e. The quantitative estimate of drug-likeness (QED) is 0.569. The number of morpholine rings is 1. The maximum absolute atomic E-state index is 12.0. The number of carbonyl (C=O) groups excluding carboxylic acids is 2. The van der Waals surface area contributed by atoms with E-state index in [9.17, 15) is 9.59 Å². The molecule has 1 aromatic heterocycles. The molecule has 0 saturated carbocycles. The van der Waals surface area contributed by atoms with Crippen LogP contribution in [0, 0.1) is 0 Å². The van der Waals surface area contributed by atoms with Gasteiger partial charge >= 0.3 is 5.97 Å². The molecule has 1 aliphatic rings. The Bertz CT molecular complexity index is 794. The third-order valence-corrected chi connectivity index (χ3v) is 3.54. The van der Waals surface area contributed by atoms with Gasteiger partial charge in [0.15, 0.2) is 5.82 Å². The molecular formula is C18H23N7O4. The Morgan fingerprint density at radius 3 is 2.52 bits per heavy atom. The number of benzene rings is 1. The zero-order chi connectivity index (χ0) is 20.9. The minimum absolute atomic E-state index is 0.211. The first kappa shape index (κ1) is 21.8. The molecule has 1 amide bonds. The van der Waals surface area contributed by atoms with Gasteiger partial charge in [-0.2, -0.15) is 5.10 Å². The summed E-state index contributed by atoms with van der Waals surface area (Å²) in [5, 5.41) is 22.8. The van der Waals surface area contributed by atoms with Crippen molar-refractivity contribution in [2.24, 2.45) is 5.10 Å². The van der Waals surface area contributed by atoms with Crippen molar-refractivity contribution in [2.75, 3.05) is 38.2 Å². The van der Waals surface area contributed by atoms with Crippen LogP contribution in [0.15, 0.2) is 35.6 Å². The van der Waals surface area contributed by atoms with E-state index in [0.29, 0.717) is 25.4 Å². The summed E-state index contributed by atoms with van der Waals surface area (Å²) in [5.74, 6) is -0.246. The second-order valence-corrected chi connectivity index (χ2v) is 5.72. The van der Waals surface area contributed by atoms with Gasteiger partial charge in [-0.05, 0) is 35.0 Å². The van der Waals surface area contributed by atoms with Crippen molar-refractivity contribution in [3.63, 3.8) is 0 Å². The molecule has 1 N–H and O–H groups in total. The van der Waals surface area contributed by atoms with Gasteiger partial charge in [0.05, 0.1) is 45.3 Å². The predicted molar refractivity (Wildman–Crippen MR) is 104 cm³/mol. The van der Waals surface area contributed by atoms with E-state index in [4.69, 9.17) is 4.74 Å². The van der Waals surface area contributed by atoms with Crippen molar-refractivity contribution in [3.8, 4) is 0 Å². The first-order chi connectivity index (χ1) is 14.1. The highest BCUT2D eigenvalue weighted by molar-refractivity contribution is 6.03. The van der Waals surface area contributed by atoms with Crippen LogP contribution in [0.2, 0.25) is 0 Å². The van der Waals surface area contributed by atoms with Crippen molar-refractivity contribution in [3.05, 3.63) is 41.6 Å². The molecule has 3 rings (SSSR count). The highest BCUT2D eigenvalue weighted by Crippen LogP contribution is 2.06. The third-order valence-electron chi connectivity index (χ3n) is 3.54. The number of ether oxygens (including phenoxy) is 2. The second kappa shape index (κ2) is 12.1. The van der Waals surface area contributed by atoms with Crippen molar-refractivity contribution < 1.29 is 19.1 Å². The summed E-state index contributed by atoms with van der Waals surface area (Å²) in [7, 11) is 0. The number of hydrazone groups is 1. The fourth-order valence-electron chi connectivity index (χ4n) is 2.18. The lowest BCUT2D eigenvalue weighted by atomic mass is 10.1. The molecule has 11 nitrogen and oxygen atoms in total. The third kappa shape index (κ3) is 8.39. The van der Waals surface area contributed by atoms with Gasteiger partial charge in [-0.1, -0.05) is 12.1 Å². The van der Waals surface area contributed by atoms with Gasteiger partial charge in [-0.15, -0.1) is 10.2 Å². The highest BCUT2D eigenvalue weighted by Gasteiger charge is 2.08. The number of anilines is 1. The van der Waals surface area contributed by atoms with E-state index in [0.717, 1.165) is 18.7 Å². The summed E-state index contributed by atoms with van der Waals surface area (Å²) in [6.45, 7) is 6.63. The molecule has 11 heteroatoms. The highest BCUT2D eigenvalue weighted by atomic mass is 16.5. The van der Waals surface area contributed by atoms with Crippen LogP contribution in [-0.2, 0) is 14.3 Å². The Morgan fingerprint density at radius 1 is 1.24 bits per heavy atom. The number of aromatic nitrogens is 4. The van der Waals surface area contributed by atoms with Crippen LogP contribution in [0.3, 0.4) is 0 Å². The van der Waals surface area contributed by atoms with E-state index in [1.807, 2.05) is 17.1 Å². The Balaban J connectivity index is 0.000000438. The lowest BCUT2D eigenvalue weighted by molar-refractivity contribution is -0.140. The Labute approximate surface area is 168 Å². The first-order valence-corrected chi connectivity index (χ1v) is 9.01. The minimum atomic E-state index is -0.288. The van der Waals surface area contributed by atoms with Crippen molar-refractivity contribution in [1.29, 1.82) is 0 Å². The standard InChI is InChI=1S/C14H15N7O2.C4H8O2/c22-14(17-13-10-15-19-20-18-13)12-3-1-11(2-4-12)9-16-21-5-7-23-8-6-21;1-3-6-4(2)5/h1-4,9-10H,5-8H2,(H,17,18,19,22);3H2,1-2H3. The van der Waals surface area contributed by atoms with Crippen molar-refractivity contribution in [2.45, 2.75) is 13.8 Å². The molecule has 0 bridgehead atoms. The summed E-state index contributed by atoms with van der Waals surface area (Å²) >= 11 is 0. The van der Waals surface area contributed by atoms with Crippen LogP contribution in [0.4, 0.5) is 5.82 Å². The van der Waals surface area contributed by atoms with E-state index >= 15 is 0 Å². The first-order valence-electron chi connectivity index (χ1n) is 9.01. The number of carbonyl (C=O) groups is 2. The van der Waals surface area contributed by atoms with Gasteiger partial charge in [-0.25, -0.2) is 0 Å². The maximum atomic E-state index is 12.0. The zero-order valence-electron chi connectivity index (χ0n) is 16.3. The number of hydrogen-bond acceptors (Lipinski definition) is 10. The number of rotatable bonds is 5. The van der Waals surface area contributed by atoms with Crippen LogP contribution in [0.5, 0.6) is 0 Å². The molecule has 0 unspecified atom stereocenters. The molecular weight excluding hydrogens is 378 g/mol. The Kier molecular flexibility index (Phi) is 9.09. The van der Waals surface area contributed by atoms with Crippen LogP contribution in [0.1, 0.15) is 29.8 Å². The number of nitrogens with zero attached hydrogens (tertiary/aromatic N) is 6. The van der Waals surface area contributed by atoms with E-state index in [1.54, 1.807) is 25.3 Å². The lowest BCUT2D eigenvalue weighted by Gasteiger charge is -2.23. The normalized spacial score (nSPS) is 13.4. The number of nitrogens with one attached hydrogen (secondary N) is 1. The predicted octanol–water partition coefficient (Wildman–Crippen LogP) is 0.754.